The van der Waals surface area contributed by atoms with Crippen molar-refractivity contribution in [2.24, 2.45) is 5.73 Å². The van der Waals surface area contributed by atoms with E-state index in [1.54, 1.807) is 0 Å². The van der Waals surface area contributed by atoms with Gasteiger partial charge in [-0.1, -0.05) is 43.5 Å². The number of allylic oxidation sites excluding steroid dienone is 1. The molecule has 0 saturated carbocycles. The number of halogens is 1. The molecule has 0 radical (unpaired) electrons. The highest BCUT2D eigenvalue weighted by Crippen LogP contribution is 2.20. The normalized spacial score (nSPS) is 10.4. The largest absolute Gasteiger partial charge is 0.399 e. The molecule has 2 heteroatoms. The first-order valence-corrected chi connectivity index (χ1v) is 6.96. The number of hydrogen-bond donors (Lipinski definition) is 1. The molecule has 2 aromatic carbocycles. The highest BCUT2D eigenvalue weighted by atomic mass is 19.1. The maximum absolute atomic E-state index is 13.7. The molecular weight excluding hydrogens is 261 g/mol. The molecule has 0 heterocycles. The minimum Gasteiger partial charge on any atom is -0.399 e. The van der Waals surface area contributed by atoms with Crippen LogP contribution in [0.2, 0.25) is 0 Å². The quantitative estimate of drug-likeness (QED) is 0.853. The molecule has 0 unspecified atom stereocenters. The van der Waals surface area contributed by atoms with E-state index >= 15 is 0 Å². The fourth-order valence-corrected chi connectivity index (χ4v) is 2.39. The molecule has 21 heavy (non-hydrogen) atoms. The van der Waals surface area contributed by atoms with Gasteiger partial charge in [-0.2, -0.15) is 0 Å². The molecule has 0 aliphatic carbocycles. The van der Waals surface area contributed by atoms with E-state index in [1.165, 1.54) is 6.07 Å². The first-order valence-electron chi connectivity index (χ1n) is 6.96. The Bertz CT molecular complexity index is 686. The first kappa shape index (κ1) is 15.0. The third-order valence-electron chi connectivity index (χ3n) is 3.54. The van der Waals surface area contributed by atoms with Crippen LogP contribution in [0.4, 0.5) is 4.39 Å². The summed E-state index contributed by atoms with van der Waals surface area (Å²) < 4.78 is 13.7. The summed E-state index contributed by atoms with van der Waals surface area (Å²) in [7, 11) is 0. The Hall–Kier alpha value is -2.35. The van der Waals surface area contributed by atoms with Crippen molar-refractivity contribution in [1.29, 1.82) is 0 Å². The maximum Gasteiger partial charge on any atom is 0.130 e. The van der Waals surface area contributed by atoms with Gasteiger partial charge in [0.25, 0.3) is 0 Å². The van der Waals surface area contributed by atoms with Crippen LogP contribution in [0.5, 0.6) is 0 Å². The number of benzene rings is 2. The zero-order valence-corrected chi connectivity index (χ0v) is 12.3. The predicted molar refractivity (Wildman–Crippen MR) is 88.2 cm³/mol. The van der Waals surface area contributed by atoms with E-state index in [0.717, 1.165) is 35.1 Å². The van der Waals surface area contributed by atoms with Crippen molar-refractivity contribution in [3.05, 3.63) is 83.7 Å². The SMILES string of the molecule is C=C(C)c1cc(CCc2ccccc2C(=C)N)ccc1F. The van der Waals surface area contributed by atoms with Gasteiger partial charge in [-0.15, -0.1) is 0 Å². The van der Waals surface area contributed by atoms with Crippen molar-refractivity contribution in [2.75, 3.05) is 0 Å². The van der Waals surface area contributed by atoms with E-state index < -0.39 is 0 Å². The molecule has 0 aliphatic heterocycles. The third-order valence-corrected chi connectivity index (χ3v) is 3.54. The Morgan fingerprint density at radius 1 is 1.05 bits per heavy atom. The lowest BCUT2D eigenvalue weighted by Crippen LogP contribution is -2.01. The van der Waals surface area contributed by atoms with Crippen LogP contribution in [0.1, 0.15) is 29.2 Å². The topological polar surface area (TPSA) is 26.0 Å². The lowest BCUT2D eigenvalue weighted by molar-refractivity contribution is 0.623. The van der Waals surface area contributed by atoms with Gasteiger partial charge in [0.2, 0.25) is 0 Å². The van der Waals surface area contributed by atoms with Crippen LogP contribution in [0.25, 0.3) is 11.3 Å². The average Bonchev–Trinajstić information content (AvgIpc) is 2.46. The molecule has 0 atom stereocenters. The number of nitrogens with two attached hydrogens (primary N) is 1. The summed E-state index contributed by atoms with van der Waals surface area (Å²) in [6, 6.07) is 13.2. The fraction of sp³-hybridized carbons (Fsp3) is 0.158. The number of rotatable bonds is 5. The summed E-state index contributed by atoms with van der Waals surface area (Å²) in [5.41, 5.74) is 10.9. The van der Waals surface area contributed by atoms with E-state index in [0.29, 0.717) is 11.3 Å². The molecule has 0 aliphatic rings. The van der Waals surface area contributed by atoms with E-state index in [1.807, 2.05) is 37.3 Å². The molecule has 0 saturated heterocycles. The summed E-state index contributed by atoms with van der Waals surface area (Å²) >= 11 is 0. The Morgan fingerprint density at radius 2 is 1.76 bits per heavy atom. The van der Waals surface area contributed by atoms with Gasteiger partial charge in [0.1, 0.15) is 5.82 Å². The van der Waals surface area contributed by atoms with E-state index in [2.05, 4.69) is 19.2 Å². The lowest BCUT2D eigenvalue weighted by atomic mass is 9.97. The third kappa shape index (κ3) is 3.60. The molecule has 0 amide bonds. The van der Waals surface area contributed by atoms with Crippen LogP contribution in [0.3, 0.4) is 0 Å². The van der Waals surface area contributed by atoms with Crippen LogP contribution >= 0.6 is 0 Å². The van der Waals surface area contributed by atoms with Crippen LogP contribution in [0, 0.1) is 5.82 Å². The second kappa shape index (κ2) is 6.40. The van der Waals surface area contributed by atoms with Crippen molar-refractivity contribution < 1.29 is 4.39 Å². The maximum atomic E-state index is 13.7. The molecular formula is C19H20FN. The first-order chi connectivity index (χ1) is 9.99. The van der Waals surface area contributed by atoms with Gasteiger partial charge in [0, 0.05) is 11.3 Å². The van der Waals surface area contributed by atoms with Crippen LogP contribution in [-0.4, -0.2) is 0 Å². The van der Waals surface area contributed by atoms with Gasteiger partial charge < -0.3 is 5.73 Å². The zero-order valence-electron chi connectivity index (χ0n) is 12.3. The zero-order chi connectivity index (χ0) is 15.4. The van der Waals surface area contributed by atoms with Crippen molar-refractivity contribution in [1.82, 2.24) is 0 Å². The van der Waals surface area contributed by atoms with Gasteiger partial charge >= 0.3 is 0 Å². The van der Waals surface area contributed by atoms with Crippen molar-refractivity contribution in [3.63, 3.8) is 0 Å². The second-order valence-electron chi connectivity index (χ2n) is 5.28. The molecule has 2 aromatic rings. The molecule has 108 valence electrons. The Morgan fingerprint density at radius 3 is 2.43 bits per heavy atom. The Labute approximate surface area is 125 Å². The molecule has 2 rings (SSSR count). The van der Waals surface area contributed by atoms with E-state index in [-0.39, 0.29) is 5.82 Å². The summed E-state index contributed by atoms with van der Waals surface area (Å²) in [6.45, 7) is 9.44. The fourth-order valence-electron chi connectivity index (χ4n) is 2.39. The average molecular weight is 281 g/mol. The molecule has 0 bridgehead atoms. The minimum absolute atomic E-state index is 0.220. The van der Waals surface area contributed by atoms with Crippen molar-refractivity contribution in [2.45, 2.75) is 19.8 Å². The van der Waals surface area contributed by atoms with Gasteiger partial charge in [-0.25, -0.2) is 4.39 Å². The highest BCUT2D eigenvalue weighted by Gasteiger charge is 2.07. The molecule has 0 fully saturated rings. The standard InChI is InChI=1S/C19H20FN/c1-13(2)18-12-15(9-11-19(18)20)8-10-16-6-4-5-7-17(16)14(3)21/h4-7,9,11-12H,1,3,8,10,21H2,2H3. The predicted octanol–water partition coefficient (Wildman–Crippen LogP) is 4.57. The molecule has 2 N–H and O–H groups in total. The molecule has 0 spiro atoms. The van der Waals surface area contributed by atoms with Gasteiger partial charge in [-0.3, -0.25) is 0 Å². The van der Waals surface area contributed by atoms with Gasteiger partial charge in [-0.05, 0) is 54.2 Å². The smallest absolute Gasteiger partial charge is 0.130 e. The molecule has 0 aromatic heterocycles. The van der Waals surface area contributed by atoms with Crippen molar-refractivity contribution in [3.8, 4) is 0 Å². The van der Waals surface area contributed by atoms with Crippen LogP contribution in [0.15, 0.2) is 55.6 Å². The van der Waals surface area contributed by atoms with Gasteiger partial charge in [0.15, 0.2) is 0 Å². The second-order valence-corrected chi connectivity index (χ2v) is 5.28. The Balaban J connectivity index is 2.19. The van der Waals surface area contributed by atoms with Crippen LogP contribution < -0.4 is 5.73 Å². The monoisotopic (exact) mass is 281 g/mol. The van der Waals surface area contributed by atoms with Crippen LogP contribution in [-0.2, 0) is 12.8 Å². The van der Waals surface area contributed by atoms with E-state index in [4.69, 9.17) is 5.73 Å². The lowest BCUT2D eigenvalue weighted by Gasteiger charge is -2.10. The molecule has 1 nitrogen and oxygen atoms in total. The summed E-state index contributed by atoms with van der Waals surface area (Å²) in [5.74, 6) is -0.220. The summed E-state index contributed by atoms with van der Waals surface area (Å²) in [4.78, 5) is 0. The van der Waals surface area contributed by atoms with E-state index in [9.17, 15) is 4.39 Å². The number of aryl methyl sites for hydroxylation is 2. The Kier molecular flexibility index (Phi) is 4.59. The minimum atomic E-state index is -0.220. The number of hydrogen-bond acceptors (Lipinski definition) is 1. The van der Waals surface area contributed by atoms with Crippen molar-refractivity contribution >= 4 is 11.3 Å². The summed E-state index contributed by atoms with van der Waals surface area (Å²) in [5, 5.41) is 0. The van der Waals surface area contributed by atoms with Gasteiger partial charge in [0.05, 0.1) is 0 Å². The summed E-state index contributed by atoms with van der Waals surface area (Å²) in [6.07, 6.45) is 1.67. The highest BCUT2D eigenvalue weighted by molar-refractivity contribution is 5.64.